The molecule has 1 aromatic rings. The molecule has 1 aliphatic carbocycles. The number of benzene rings is 1. The first-order valence-corrected chi connectivity index (χ1v) is 8.69. The van der Waals surface area contributed by atoms with Crippen molar-refractivity contribution in [3.63, 3.8) is 0 Å². The number of hydrogen-bond acceptors (Lipinski definition) is 2. The minimum absolute atomic E-state index is 0.326. The van der Waals surface area contributed by atoms with E-state index in [1.165, 1.54) is 38.6 Å². The fraction of sp³-hybridized carbons (Fsp3) is 0.684. The molecule has 2 atom stereocenters. The Morgan fingerprint density at radius 3 is 2.81 bits per heavy atom. The van der Waals surface area contributed by atoms with E-state index in [1.807, 2.05) is 0 Å². The number of fused-ring (bicyclic) bond motifs is 1. The van der Waals surface area contributed by atoms with Crippen molar-refractivity contribution in [3.8, 4) is 0 Å². The first-order valence-electron chi connectivity index (χ1n) is 8.69. The van der Waals surface area contributed by atoms with E-state index < -0.39 is 0 Å². The van der Waals surface area contributed by atoms with Gasteiger partial charge in [0, 0.05) is 12.1 Å². The lowest BCUT2D eigenvalue weighted by atomic mass is 9.70. The molecular weight excluding hydrogens is 256 g/mol. The molecule has 2 aliphatic rings. The highest BCUT2D eigenvalue weighted by atomic mass is 15.2. The number of likely N-dealkylation sites (tertiary alicyclic amines) is 1. The van der Waals surface area contributed by atoms with E-state index in [2.05, 4.69) is 43.0 Å². The average molecular weight is 286 g/mol. The molecule has 3 rings (SSSR count). The van der Waals surface area contributed by atoms with E-state index in [0.29, 0.717) is 17.5 Å². The van der Waals surface area contributed by atoms with Crippen LogP contribution in [-0.2, 0) is 5.41 Å². The van der Waals surface area contributed by atoms with Crippen LogP contribution in [0.25, 0.3) is 0 Å². The van der Waals surface area contributed by atoms with Gasteiger partial charge in [-0.1, -0.05) is 44.5 Å². The quantitative estimate of drug-likeness (QED) is 0.910. The van der Waals surface area contributed by atoms with Crippen LogP contribution in [0, 0.1) is 0 Å². The fourth-order valence-electron chi connectivity index (χ4n) is 4.47. The highest BCUT2D eigenvalue weighted by Crippen LogP contribution is 2.45. The van der Waals surface area contributed by atoms with Crippen molar-refractivity contribution in [1.82, 2.24) is 4.90 Å². The molecule has 0 amide bonds. The molecule has 116 valence electrons. The second kappa shape index (κ2) is 6.10. The molecule has 1 aliphatic heterocycles. The average Bonchev–Trinajstić information content (AvgIpc) is 2.49. The summed E-state index contributed by atoms with van der Waals surface area (Å²) >= 11 is 0. The molecule has 1 saturated heterocycles. The Labute approximate surface area is 129 Å². The highest BCUT2D eigenvalue weighted by molar-refractivity contribution is 5.38. The third-order valence-electron chi connectivity index (χ3n) is 5.66. The van der Waals surface area contributed by atoms with Crippen LogP contribution in [0.1, 0.15) is 69.5 Å². The SMILES string of the molecule is CC1(C)CCC(N2CCCCC2CCN)c2ccccc21. The molecule has 1 heterocycles. The van der Waals surface area contributed by atoms with Gasteiger partial charge in [-0.2, -0.15) is 0 Å². The first-order chi connectivity index (χ1) is 10.1. The van der Waals surface area contributed by atoms with E-state index in [4.69, 9.17) is 5.73 Å². The summed E-state index contributed by atoms with van der Waals surface area (Å²) in [6, 6.07) is 10.5. The Balaban J connectivity index is 1.91. The van der Waals surface area contributed by atoms with Crippen molar-refractivity contribution >= 4 is 0 Å². The Bertz CT molecular complexity index is 478. The zero-order chi connectivity index (χ0) is 14.9. The van der Waals surface area contributed by atoms with Gasteiger partial charge in [-0.3, -0.25) is 4.90 Å². The van der Waals surface area contributed by atoms with Gasteiger partial charge in [-0.15, -0.1) is 0 Å². The lowest BCUT2D eigenvalue weighted by Gasteiger charge is -2.46. The molecule has 2 unspecified atom stereocenters. The number of piperidine rings is 1. The summed E-state index contributed by atoms with van der Waals surface area (Å²) in [6.45, 7) is 6.87. The molecule has 0 bridgehead atoms. The normalized spacial score (nSPS) is 29.1. The standard InChI is InChI=1S/C19H30N2/c1-19(2)12-10-18(16-8-3-4-9-17(16)19)21-14-6-5-7-15(21)11-13-20/h3-4,8-9,15,18H,5-7,10-14,20H2,1-2H3. The van der Waals surface area contributed by atoms with Gasteiger partial charge in [-0.05, 0) is 61.7 Å². The number of nitrogens with zero attached hydrogens (tertiary/aromatic N) is 1. The van der Waals surface area contributed by atoms with Crippen LogP contribution in [-0.4, -0.2) is 24.0 Å². The van der Waals surface area contributed by atoms with Crippen LogP contribution in [0.3, 0.4) is 0 Å². The van der Waals surface area contributed by atoms with Gasteiger partial charge in [0.25, 0.3) is 0 Å². The van der Waals surface area contributed by atoms with Gasteiger partial charge < -0.3 is 5.73 Å². The van der Waals surface area contributed by atoms with Gasteiger partial charge in [0.2, 0.25) is 0 Å². The molecule has 2 N–H and O–H groups in total. The number of hydrogen-bond donors (Lipinski definition) is 1. The Morgan fingerprint density at radius 2 is 2.00 bits per heavy atom. The van der Waals surface area contributed by atoms with Crippen molar-refractivity contribution in [2.24, 2.45) is 5.73 Å². The molecule has 1 fully saturated rings. The molecule has 2 heteroatoms. The highest BCUT2D eigenvalue weighted by Gasteiger charge is 2.37. The number of nitrogens with two attached hydrogens (primary N) is 1. The van der Waals surface area contributed by atoms with E-state index >= 15 is 0 Å². The zero-order valence-electron chi connectivity index (χ0n) is 13.6. The van der Waals surface area contributed by atoms with Crippen LogP contribution in [0.2, 0.25) is 0 Å². The maximum atomic E-state index is 5.86. The fourth-order valence-corrected chi connectivity index (χ4v) is 4.47. The maximum Gasteiger partial charge on any atom is 0.0354 e. The van der Waals surface area contributed by atoms with Crippen LogP contribution in [0.5, 0.6) is 0 Å². The van der Waals surface area contributed by atoms with E-state index in [9.17, 15) is 0 Å². The predicted molar refractivity (Wildman–Crippen MR) is 89.5 cm³/mol. The Morgan fingerprint density at radius 1 is 1.19 bits per heavy atom. The van der Waals surface area contributed by atoms with Gasteiger partial charge in [0.15, 0.2) is 0 Å². The molecule has 1 aromatic carbocycles. The zero-order valence-corrected chi connectivity index (χ0v) is 13.6. The smallest absolute Gasteiger partial charge is 0.0354 e. The lowest BCUT2D eigenvalue weighted by molar-refractivity contribution is 0.0735. The summed E-state index contributed by atoms with van der Waals surface area (Å²) in [6.07, 6.45) is 7.80. The van der Waals surface area contributed by atoms with Crippen LogP contribution in [0.4, 0.5) is 0 Å². The first kappa shape index (κ1) is 15.1. The van der Waals surface area contributed by atoms with Crippen molar-refractivity contribution in [2.75, 3.05) is 13.1 Å². The largest absolute Gasteiger partial charge is 0.330 e. The summed E-state index contributed by atoms with van der Waals surface area (Å²) in [4.78, 5) is 2.78. The third kappa shape index (κ3) is 2.89. The van der Waals surface area contributed by atoms with Crippen molar-refractivity contribution in [3.05, 3.63) is 35.4 Å². The topological polar surface area (TPSA) is 29.3 Å². The summed E-state index contributed by atoms with van der Waals surface area (Å²) in [5.41, 5.74) is 9.34. The summed E-state index contributed by atoms with van der Waals surface area (Å²) in [5, 5.41) is 0. The van der Waals surface area contributed by atoms with Gasteiger partial charge in [-0.25, -0.2) is 0 Å². The second-order valence-corrected chi connectivity index (χ2v) is 7.49. The summed E-state index contributed by atoms with van der Waals surface area (Å²) in [5.74, 6) is 0. The molecule has 21 heavy (non-hydrogen) atoms. The maximum absolute atomic E-state index is 5.86. The van der Waals surface area contributed by atoms with E-state index in [-0.39, 0.29) is 0 Å². The second-order valence-electron chi connectivity index (χ2n) is 7.49. The molecule has 0 aromatic heterocycles. The van der Waals surface area contributed by atoms with Gasteiger partial charge in [0.05, 0.1) is 0 Å². The van der Waals surface area contributed by atoms with Crippen molar-refractivity contribution in [2.45, 2.75) is 69.9 Å². The Hall–Kier alpha value is -0.860. The number of rotatable bonds is 3. The summed E-state index contributed by atoms with van der Waals surface area (Å²) in [7, 11) is 0. The molecule has 0 radical (unpaired) electrons. The lowest BCUT2D eigenvalue weighted by Crippen LogP contribution is -2.45. The third-order valence-corrected chi connectivity index (χ3v) is 5.66. The van der Waals surface area contributed by atoms with E-state index in [1.54, 1.807) is 11.1 Å². The van der Waals surface area contributed by atoms with E-state index in [0.717, 1.165) is 13.0 Å². The monoisotopic (exact) mass is 286 g/mol. The molecule has 2 nitrogen and oxygen atoms in total. The minimum Gasteiger partial charge on any atom is -0.330 e. The molecule has 0 spiro atoms. The summed E-state index contributed by atoms with van der Waals surface area (Å²) < 4.78 is 0. The van der Waals surface area contributed by atoms with Crippen molar-refractivity contribution < 1.29 is 0 Å². The van der Waals surface area contributed by atoms with Crippen LogP contribution < -0.4 is 5.73 Å². The van der Waals surface area contributed by atoms with Gasteiger partial charge >= 0.3 is 0 Å². The van der Waals surface area contributed by atoms with Gasteiger partial charge in [0.1, 0.15) is 0 Å². The van der Waals surface area contributed by atoms with Crippen LogP contribution >= 0.6 is 0 Å². The van der Waals surface area contributed by atoms with Crippen LogP contribution in [0.15, 0.2) is 24.3 Å². The minimum atomic E-state index is 0.326. The Kier molecular flexibility index (Phi) is 4.37. The molecular formula is C19H30N2. The van der Waals surface area contributed by atoms with Crippen molar-refractivity contribution in [1.29, 1.82) is 0 Å². The molecule has 0 saturated carbocycles. The predicted octanol–water partition coefficient (Wildman–Crippen LogP) is 4.00.